The van der Waals surface area contributed by atoms with Gasteiger partial charge < -0.3 is 11.1 Å². The van der Waals surface area contributed by atoms with Crippen LogP contribution < -0.4 is 11.1 Å². The average Bonchev–Trinajstić information content (AvgIpc) is 2.82. The monoisotopic (exact) mass is 320 g/mol. The third kappa shape index (κ3) is 3.06. The highest BCUT2D eigenvalue weighted by molar-refractivity contribution is 7.16. The Morgan fingerprint density at radius 3 is 2.71 bits per heavy atom. The van der Waals surface area contributed by atoms with Crippen LogP contribution in [-0.2, 0) is 19.4 Å². The number of halogens is 1. The fraction of sp³-hybridized carbons (Fsp3) is 0.312. The minimum absolute atomic E-state index is 0.0677. The lowest BCUT2D eigenvalue weighted by Crippen LogP contribution is -2.24. The lowest BCUT2D eigenvalue weighted by Gasteiger charge is -2.12. The lowest BCUT2D eigenvalue weighted by atomic mass is 9.95. The molecule has 0 bridgehead atoms. The number of hydrogen-bond donors (Lipinski definition) is 2. The van der Waals surface area contributed by atoms with E-state index >= 15 is 0 Å². The Morgan fingerprint density at radius 2 is 1.95 bits per heavy atom. The topological polar surface area (TPSA) is 55.1 Å². The summed E-state index contributed by atoms with van der Waals surface area (Å²) < 4.78 is 0. The van der Waals surface area contributed by atoms with Crippen LogP contribution in [0.2, 0.25) is 5.02 Å². The number of amides is 1. The minimum atomic E-state index is -0.0677. The number of carbonyl (C=O) groups is 1. The summed E-state index contributed by atoms with van der Waals surface area (Å²) in [5.74, 6) is -0.0677. The Hall–Kier alpha value is -1.52. The number of carbonyl (C=O) groups excluding carboxylic acids is 1. The number of nitrogens with one attached hydrogen (secondary N) is 1. The molecule has 1 aliphatic carbocycles. The van der Waals surface area contributed by atoms with Gasteiger partial charge in [-0.25, -0.2) is 0 Å². The van der Waals surface area contributed by atoms with Crippen molar-refractivity contribution < 1.29 is 4.79 Å². The van der Waals surface area contributed by atoms with Crippen molar-refractivity contribution in [2.45, 2.75) is 32.2 Å². The van der Waals surface area contributed by atoms with E-state index in [1.807, 2.05) is 24.3 Å². The average molecular weight is 321 g/mol. The van der Waals surface area contributed by atoms with Crippen molar-refractivity contribution in [2.24, 2.45) is 0 Å². The maximum absolute atomic E-state index is 12.4. The van der Waals surface area contributed by atoms with E-state index in [1.165, 1.54) is 11.3 Å². The molecule has 1 heterocycles. The molecule has 0 radical (unpaired) electrons. The van der Waals surface area contributed by atoms with Gasteiger partial charge in [0.1, 0.15) is 0 Å². The van der Waals surface area contributed by atoms with Gasteiger partial charge in [0, 0.05) is 16.4 Å². The number of hydrogen-bond acceptors (Lipinski definition) is 3. The largest absolute Gasteiger partial charge is 0.390 e. The molecule has 0 spiro atoms. The number of nitrogen functional groups attached to an aromatic ring is 1. The molecule has 0 saturated heterocycles. The Labute approximate surface area is 133 Å². The molecule has 1 aromatic heterocycles. The molecule has 1 amide bonds. The van der Waals surface area contributed by atoms with Gasteiger partial charge in [0.05, 0.1) is 10.6 Å². The second-order valence-electron chi connectivity index (χ2n) is 5.26. The first-order chi connectivity index (χ1) is 10.1. The van der Waals surface area contributed by atoms with Crippen molar-refractivity contribution in [3.05, 3.63) is 50.9 Å². The summed E-state index contributed by atoms with van der Waals surface area (Å²) in [4.78, 5) is 13.7. The highest BCUT2D eigenvalue weighted by atomic mass is 35.5. The predicted molar refractivity (Wildman–Crippen MR) is 88.0 cm³/mol. The van der Waals surface area contributed by atoms with E-state index in [0.29, 0.717) is 22.1 Å². The van der Waals surface area contributed by atoms with Gasteiger partial charge in [-0.3, -0.25) is 4.79 Å². The van der Waals surface area contributed by atoms with E-state index in [4.69, 9.17) is 17.3 Å². The molecule has 1 aliphatic rings. The molecule has 3 nitrogen and oxygen atoms in total. The first-order valence-electron chi connectivity index (χ1n) is 7.08. The predicted octanol–water partition coefficient (Wildman–Crippen LogP) is 3.79. The first kappa shape index (κ1) is 14.4. The Morgan fingerprint density at radius 1 is 1.24 bits per heavy atom. The zero-order valence-corrected chi connectivity index (χ0v) is 13.2. The standard InChI is InChI=1S/C16H17ClN2OS/c17-11-7-5-10(6-8-11)9-19-16(20)14-12-3-1-2-4-13(12)21-15(14)18/h5-8H,1-4,9,18H2,(H,19,20). The number of aryl methyl sites for hydroxylation is 1. The summed E-state index contributed by atoms with van der Waals surface area (Å²) in [5, 5.41) is 4.30. The summed E-state index contributed by atoms with van der Waals surface area (Å²) >= 11 is 7.42. The van der Waals surface area contributed by atoms with Crippen LogP contribution in [0, 0.1) is 0 Å². The van der Waals surface area contributed by atoms with Crippen molar-refractivity contribution in [3.8, 4) is 0 Å². The van der Waals surface area contributed by atoms with Crippen LogP contribution in [0.5, 0.6) is 0 Å². The molecular formula is C16H17ClN2OS. The normalized spacial score (nSPS) is 13.8. The highest BCUT2D eigenvalue weighted by Gasteiger charge is 2.23. The number of benzene rings is 1. The molecule has 1 aromatic carbocycles. The summed E-state index contributed by atoms with van der Waals surface area (Å²) in [6, 6.07) is 7.47. The molecular weight excluding hydrogens is 304 g/mol. The van der Waals surface area contributed by atoms with Gasteiger partial charge in [-0.05, 0) is 48.9 Å². The Kier molecular flexibility index (Phi) is 4.17. The first-order valence-corrected chi connectivity index (χ1v) is 8.27. The van der Waals surface area contributed by atoms with Gasteiger partial charge in [-0.15, -0.1) is 11.3 Å². The van der Waals surface area contributed by atoms with Crippen molar-refractivity contribution in [3.63, 3.8) is 0 Å². The molecule has 3 rings (SSSR count). The fourth-order valence-electron chi connectivity index (χ4n) is 2.71. The molecule has 0 fully saturated rings. The summed E-state index contributed by atoms with van der Waals surface area (Å²) in [6.07, 6.45) is 4.35. The number of anilines is 1. The summed E-state index contributed by atoms with van der Waals surface area (Å²) in [6.45, 7) is 0.486. The molecule has 5 heteroatoms. The molecule has 110 valence electrons. The van der Waals surface area contributed by atoms with Crippen LogP contribution in [0.3, 0.4) is 0 Å². The van der Waals surface area contributed by atoms with E-state index in [0.717, 1.165) is 30.4 Å². The maximum atomic E-state index is 12.4. The number of fused-ring (bicyclic) bond motifs is 1. The van der Waals surface area contributed by atoms with Gasteiger partial charge in [0.15, 0.2) is 0 Å². The van der Waals surface area contributed by atoms with Crippen LogP contribution >= 0.6 is 22.9 Å². The smallest absolute Gasteiger partial charge is 0.254 e. The fourth-order valence-corrected chi connectivity index (χ4v) is 3.99. The van der Waals surface area contributed by atoms with Crippen molar-refractivity contribution in [2.75, 3.05) is 5.73 Å². The number of nitrogens with two attached hydrogens (primary N) is 1. The van der Waals surface area contributed by atoms with Gasteiger partial charge in [-0.1, -0.05) is 23.7 Å². The van der Waals surface area contributed by atoms with Gasteiger partial charge >= 0.3 is 0 Å². The SMILES string of the molecule is Nc1sc2c(c1C(=O)NCc1ccc(Cl)cc1)CCCC2. The van der Waals surface area contributed by atoms with E-state index in [2.05, 4.69) is 5.32 Å². The van der Waals surface area contributed by atoms with Crippen molar-refractivity contribution >= 4 is 33.8 Å². The lowest BCUT2D eigenvalue weighted by molar-refractivity contribution is 0.0951. The van der Waals surface area contributed by atoms with E-state index in [1.54, 1.807) is 11.3 Å². The summed E-state index contributed by atoms with van der Waals surface area (Å²) in [7, 11) is 0. The van der Waals surface area contributed by atoms with Crippen LogP contribution in [0.15, 0.2) is 24.3 Å². The van der Waals surface area contributed by atoms with Crippen LogP contribution in [0.1, 0.15) is 39.2 Å². The summed E-state index contributed by atoms with van der Waals surface area (Å²) in [5.41, 5.74) is 8.94. The third-order valence-electron chi connectivity index (χ3n) is 3.79. The molecule has 0 unspecified atom stereocenters. The minimum Gasteiger partial charge on any atom is -0.390 e. The highest BCUT2D eigenvalue weighted by Crippen LogP contribution is 2.36. The number of rotatable bonds is 3. The van der Waals surface area contributed by atoms with Crippen molar-refractivity contribution in [1.82, 2.24) is 5.32 Å². The molecule has 0 atom stereocenters. The van der Waals surface area contributed by atoms with Crippen molar-refractivity contribution in [1.29, 1.82) is 0 Å². The van der Waals surface area contributed by atoms with E-state index in [9.17, 15) is 4.79 Å². The maximum Gasteiger partial charge on any atom is 0.254 e. The second-order valence-corrected chi connectivity index (χ2v) is 6.83. The Bertz CT molecular complexity index is 664. The molecule has 2 aromatic rings. The Balaban J connectivity index is 1.73. The zero-order chi connectivity index (χ0) is 14.8. The molecule has 3 N–H and O–H groups in total. The van der Waals surface area contributed by atoms with Gasteiger partial charge in [0.2, 0.25) is 0 Å². The van der Waals surface area contributed by atoms with Gasteiger partial charge in [0.25, 0.3) is 5.91 Å². The third-order valence-corrected chi connectivity index (χ3v) is 5.16. The van der Waals surface area contributed by atoms with E-state index < -0.39 is 0 Å². The molecule has 0 saturated carbocycles. The quantitative estimate of drug-likeness (QED) is 0.904. The second kappa shape index (κ2) is 6.08. The van der Waals surface area contributed by atoms with Gasteiger partial charge in [-0.2, -0.15) is 0 Å². The van der Waals surface area contributed by atoms with E-state index in [-0.39, 0.29) is 5.91 Å². The zero-order valence-electron chi connectivity index (χ0n) is 11.6. The van der Waals surface area contributed by atoms with Crippen LogP contribution in [-0.4, -0.2) is 5.91 Å². The van der Waals surface area contributed by atoms with Crippen LogP contribution in [0.25, 0.3) is 0 Å². The molecule has 0 aliphatic heterocycles. The van der Waals surface area contributed by atoms with Crippen LogP contribution in [0.4, 0.5) is 5.00 Å². The number of thiophene rings is 1. The molecule has 21 heavy (non-hydrogen) atoms.